The first kappa shape index (κ1) is 16.6. The number of rotatable bonds is 3. The van der Waals surface area contributed by atoms with E-state index in [-0.39, 0.29) is 11.7 Å². The molecule has 3 aromatic rings. The van der Waals surface area contributed by atoms with Gasteiger partial charge in [-0.25, -0.2) is 0 Å². The molecule has 0 spiro atoms. The number of thioether (sulfide) groups is 1. The predicted molar refractivity (Wildman–Crippen MR) is 106 cm³/mol. The first-order chi connectivity index (χ1) is 12.7. The van der Waals surface area contributed by atoms with Gasteiger partial charge in [0.2, 0.25) is 11.7 Å². The number of anilines is 1. The largest absolute Gasteiger partial charge is 0.288 e. The van der Waals surface area contributed by atoms with E-state index in [9.17, 15) is 9.59 Å². The van der Waals surface area contributed by atoms with Crippen molar-refractivity contribution >= 4 is 39.9 Å². The summed E-state index contributed by atoms with van der Waals surface area (Å²) < 4.78 is 0. The third kappa shape index (κ3) is 2.82. The lowest BCUT2D eigenvalue weighted by molar-refractivity contribution is -0.117. The Morgan fingerprint density at radius 1 is 1.00 bits per heavy atom. The summed E-state index contributed by atoms with van der Waals surface area (Å²) in [6, 6.07) is 21.4. The van der Waals surface area contributed by atoms with Crippen LogP contribution in [0.1, 0.15) is 23.7 Å². The van der Waals surface area contributed by atoms with Gasteiger partial charge >= 0.3 is 0 Å². The molecule has 0 atom stereocenters. The zero-order valence-corrected chi connectivity index (χ0v) is 15.1. The van der Waals surface area contributed by atoms with Crippen molar-refractivity contribution in [2.75, 3.05) is 4.90 Å². The fourth-order valence-corrected chi connectivity index (χ4v) is 4.12. The molecule has 1 aliphatic heterocycles. The van der Waals surface area contributed by atoms with Crippen molar-refractivity contribution in [2.45, 2.75) is 18.2 Å². The average Bonchev–Trinajstić information content (AvgIpc) is 3.01. The molecule has 4 heteroatoms. The third-order valence-corrected chi connectivity index (χ3v) is 5.51. The molecule has 0 aromatic heterocycles. The lowest BCUT2D eigenvalue weighted by Crippen LogP contribution is -2.25. The number of nitrogens with zero attached hydrogens (tertiary/aromatic N) is 1. The normalized spacial score (nSPS) is 14.7. The topological polar surface area (TPSA) is 37.4 Å². The van der Waals surface area contributed by atoms with Crippen LogP contribution in [-0.4, -0.2) is 11.7 Å². The monoisotopic (exact) mass is 359 g/mol. The van der Waals surface area contributed by atoms with E-state index in [2.05, 4.69) is 0 Å². The van der Waals surface area contributed by atoms with Crippen LogP contribution in [-0.2, 0) is 4.79 Å². The molecule has 26 heavy (non-hydrogen) atoms. The van der Waals surface area contributed by atoms with Crippen molar-refractivity contribution in [1.82, 2.24) is 0 Å². The van der Waals surface area contributed by atoms with E-state index in [1.165, 1.54) is 11.8 Å². The second-order valence-corrected chi connectivity index (χ2v) is 7.12. The van der Waals surface area contributed by atoms with Crippen LogP contribution in [0.3, 0.4) is 0 Å². The Kier molecular flexibility index (Phi) is 4.35. The SMILES string of the molecule is CCC(=O)N(C=C1Sc2ccccc2C1=O)c1cccc2ccccc12. The number of fused-ring (bicyclic) bond motifs is 2. The van der Waals surface area contributed by atoms with Crippen molar-refractivity contribution in [2.24, 2.45) is 0 Å². The van der Waals surface area contributed by atoms with E-state index in [1.54, 1.807) is 11.1 Å². The maximum absolute atomic E-state index is 12.7. The zero-order chi connectivity index (χ0) is 18.1. The van der Waals surface area contributed by atoms with E-state index < -0.39 is 0 Å². The summed E-state index contributed by atoms with van der Waals surface area (Å²) in [4.78, 5) is 28.5. The van der Waals surface area contributed by atoms with Gasteiger partial charge in [-0.05, 0) is 23.6 Å². The van der Waals surface area contributed by atoms with E-state index in [0.29, 0.717) is 16.9 Å². The van der Waals surface area contributed by atoms with Gasteiger partial charge in [-0.3, -0.25) is 14.5 Å². The minimum atomic E-state index is -0.0433. The Labute approximate surface area is 156 Å². The zero-order valence-electron chi connectivity index (χ0n) is 14.3. The highest BCUT2D eigenvalue weighted by molar-refractivity contribution is 8.04. The molecule has 0 aliphatic carbocycles. The van der Waals surface area contributed by atoms with Gasteiger partial charge in [0.25, 0.3) is 0 Å². The first-order valence-electron chi connectivity index (χ1n) is 8.52. The van der Waals surface area contributed by atoms with Crippen molar-refractivity contribution in [3.8, 4) is 0 Å². The number of hydrogen-bond donors (Lipinski definition) is 0. The minimum Gasteiger partial charge on any atom is -0.288 e. The lowest BCUT2D eigenvalue weighted by atomic mass is 10.1. The molecule has 128 valence electrons. The molecule has 3 aromatic carbocycles. The highest BCUT2D eigenvalue weighted by Gasteiger charge is 2.27. The van der Waals surface area contributed by atoms with Crippen LogP contribution in [0.2, 0.25) is 0 Å². The molecular formula is C22H17NO2S. The summed E-state index contributed by atoms with van der Waals surface area (Å²) in [7, 11) is 0. The van der Waals surface area contributed by atoms with Crippen LogP contribution < -0.4 is 4.90 Å². The summed E-state index contributed by atoms with van der Waals surface area (Å²) in [5, 5.41) is 2.05. The van der Waals surface area contributed by atoms with Gasteiger partial charge in [0.05, 0.1) is 10.6 Å². The smallest absolute Gasteiger partial charge is 0.230 e. The molecule has 0 radical (unpaired) electrons. The predicted octanol–water partition coefficient (Wildman–Crippen LogP) is 5.41. The Bertz CT molecular complexity index is 1050. The standard InChI is InChI=1S/C22H17NO2S/c1-2-21(24)23(18-12-7-9-15-8-3-4-10-16(15)18)14-20-22(25)17-11-5-6-13-19(17)26-20/h3-14H,2H2,1H3. The Hall–Kier alpha value is -2.85. The number of allylic oxidation sites excluding steroid dienone is 1. The molecule has 3 nitrogen and oxygen atoms in total. The number of ketones is 1. The molecule has 1 heterocycles. The fraction of sp³-hybridized carbons (Fsp3) is 0.0909. The second-order valence-electron chi connectivity index (χ2n) is 6.04. The minimum absolute atomic E-state index is 0.0280. The highest BCUT2D eigenvalue weighted by atomic mass is 32.2. The number of Topliss-reactive ketones (excluding diaryl/α,β-unsaturated/α-hetero) is 1. The molecule has 0 bridgehead atoms. The lowest BCUT2D eigenvalue weighted by Gasteiger charge is -2.20. The van der Waals surface area contributed by atoms with Gasteiger partial charge in [0.1, 0.15) is 0 Å². The van der Waals surface area contributed by atoms with Gasteiger partial charge in [0, 0.05) is 28.5 Å². The number of benzene rings is 3. The van der Waals surface area contributed by atoms with E-state index >= 15 is 0 Å². The molecule has 1 aliphatic rings. The molecule has 0 unspecified atom stereocenters. The molecular weight excluding hydrogens is 342 g/mol. The van der Waals surface area contributed by atoms with Crippen molar-refractivity contribution < 1.29 is 9.59 Å². The summed E-state index contributed by atoms with van der Waals surface area (Å²) in [6.45, 7) is 1.83. The highest BCUT2D eigenvalue weighted by Crippen LogP contribution is 2.40. The average molecular weight is 359 g/mol. The maximum atomic E-state index is 12.7. The Balaban J connectivity index is 1.82. The van der Waals surface area contributed by atoms with Crippen molar-refractivity contribution in [3.63, 3.8) is 0 Å². The number of carbonyl (C=O) groups is 2. The quantitative estimate of drug-likeness (QED) is 0.587. The van der Waals surface area contributed by atoms with Crippen LogP contribution in [0.5, 0.6) is 0 Å². The van der Waals surface area contributed by atoms with Gasteiger partial charge in [-0.1, -0.05) is 67.2 Å². The number of hydrogen-bond acceptors (Lipinski definition) is 3. The van der Waals surface area contributed by atoms with E-state index in [0.717, 1.165) is 21.4 Å². The summed E-state index contributed by atoms with van der Waals surface area (Å²) in [5.41, 5.74) is 1.50. The first-order valence-corrected chi connectivity index (χ1v) is 9.34. The van der Waals surface area contributed by atoms with E-state index in [4.69, 9.17) is 0 Å². The van der Waals surface area contributed by atoms with Gasteiger partial charge in [-0.2, -0.15) is 0 Å². The van der Waals surface area contributed by atoms with Gasteiger partial charge in [-0.15, -0.1) is 0 Å². The third-order valence-electron chi connectivity index (χ3n) is 4.42. The molecule has 4 rings (SSSR count). The molecule has 0 fully saturated rings. The fourth-order valence-electron chi connectivity index (χ4n) is 3.11. The summed E-state index contributed by atoms with van der Waals surface area (Å²) in [6.07, 6.45) is 2.05. The number of amides is 1. The Morgan fingerprint density at radius 3 is 2.54 bits per heavy atom. The van der Waals surface area contributed by atoms with Crippen LogP contribution in [0.25, 0.3) is 10.8 Å². The van der Waals surface area contributed by atoms with Gasteiger partial charge in [0.15, 0.2) is 0 Å². The molecule has 0 saturated heterocycles. The van der Waals surface area contributed by atoms with Crippen molar-refractivity contribution in [1.29, 1.82) is 0 Å². The van der Waals surface area contributed by atoms with E-state index in [1.807, 2.05) is 73.7 Å². The molecule has 0 N–H and O–H groups in total. The van der Waals surface area contributed by atoms with Gasteiger partial charge < -0.3 is 0 Å². The number of carbonyl (C=O) groups excluding carboxylic acids is 2. The van der Waals surface area contributed by atoms with Crippen LogP contribution in [0, 0.1) is 0 Å². The molecule has 1 amide bonds. The summed E-state index contributed by atoms with van der Waals surface area (Å²) >= 11 is 1.42. The van der Waals surface area contributed by atoms with Crippen molar-refractivity contribution in [3.05, 3.63) is 83.4 Å². The maximum Gasteiger partial charge on any atom is 0.230 e. The molecule has 0 saturated carbocycles. The van der Waals surface area contributed by atoms with Crippen LogP contribution >= 0.6 is 11.8 Å². The van der Waals surface area contributed by atoms with Crippen LogP contribution in [0.4, 0.5) is 5.69 Å². The van der Waals surface area contributed by atoms with Crippen LogP contribution in [0.15, 0.2) is 82.7 Å². The second kappa shape index (κ2) is 6.81. The Morgan fingerprint density at radius 2 is 1.73 bits per heavy atom. The summed E-state index contributed by atoms with van der Waals surface area (Å²) in [5.74, 6) is -0.0713.